The Bertz CT molecular complexity index is 761. The molecule has 1 fully saturated rings. The third-order valence-electron chi connectivity index (χ3n) is 4.17. The fourth-order valence-corrected chi connectivity index (χ4v) is 2.87. The highest BCUT2D eigenvalue weighted by Crippen LogP contribution is 2.22. The Labute approximate surface area is 146 Å². The largest absolute Gasteiger partial charge is 0.442 e. The molecule has 25 heavy (non-hydrogen) atoms. The van der Waals surface area contributed by atoms with Crippen molar-refractivity contribution >= 4 is 23.6 Å². The van der Waals surface area contributed by atoms with E-state index in [1.54, 1.807) is 47.9 Å². The molecule has 0 spiro atoms. The molecule has 1 aliphatic heterocycles. The zero-order valence-corrected chi connectivity index (χ0v) is 14.5. The number of aromatic nitrogens is 2. The molecule has 1 atom stereocenters. The molecule has 3 amide bonds. The van der Waals surface area contributed by atoms with Crippen LogP contribution < -0.4 is 9.80 Å². The van der Waals surface area contributed by atoms with Crippen molar-refractivity contribution in [1.82, 2.24) is 14.7 Å². The van der Waals surface area contributed by atoms with Crippen molar-refractivity contribution in [2.75, 3.05) is 37.0 Å². The number of nitrogens with zero attached hydrogens (tertiary/aromatic N) is 5. The molecule has 0 bridgehead atoms. The second kappa shape index (κ2) is 6.84. The minimum absolute atomic E-state index is 0.196. The van der Waals surface area contributed by atoms with Gasteiger partial charge in [0.25, 0.3) is 0 Å². The van der Waals surface area contributed by atoms with E-state index in [-0.39, 0.29) is 12.1 Å². The number of aryl methyl sites for hydroxylation is 1. The van der Waals surface area contributed by atoms with Crippen LogP contribution >= 0.6 is 0 Å². The van der Waals surface area contributed by atoms with E-state index in [4.69, 9.17) is 4.74 Å². The van der Waals surface area contributed by atoms with E-state index < -0.39 is 6.09 Å². The van der Waals surface area contributed by atoms with Crippen molar-refractivity contribution in [1.29, 1.82) is 0 Å². The van der Waals surface area contributed by atoms with E-state index in [9.17, 15) is 9.59 Å². The number of amides is 3. The molecule has 8 heteroatoms. The number of likely N-dealkylation sites (N-methyl/N-ethyl adjacent to an activating group) is 1. The van der Waals surface area contributed by atoms with Gasteiger partial charge in [-0.2, -0.15) is 5.10 Å². The van der Waals surface area contributed by atoms with Crippen LogP contribution in [-0.4, -0.2) is 60.1 Å². The van der Waals surface area contributed by atoms with Crippen LogP contribution in [0.4, 0.5) is 21.1 Å². The highest BCUT2D eigenvalue weighted by atomic mass is 16.6. The number of para-hydroxylation sites is 1. The zero-order valence-electron chi connectivity index (χ0n) is 14.5. The summed E-state index contributed by atoms with van der Waals surface area (Å²) in [6.07, 6.45) is 0.869. The summed E-state index contributed by atoms with van der Waals surface area (Å²) in [4.78, 5) is 29.3. The van der Waals surface area contributed by atoms with Gasteiger partial charge in [0.15, 0.2) is 0 Å². The average Bonchev–Trinajstić information content (AvgIpc) is 3.19. The van der Waals surface area contributed by atoms with E-state index in [2.05, 4.69) is 5.10 Å². The van der Waals surface area contributed by atoms with Gasteiger partial charge in [-0.3, -0.25) is 14.5 Å². The van der Waals surface area contributed by atoms with Crippen LogP contribution in [0.25, 0.3) is 0 Å². The summed E-state index contributed by atoms with van der Waals surface area (Å²) in [5, 5.41) is 4.06. The highest BCUT2D eigenvalue weighted by Gasteiger charge is 2.34. The summed E-state index contributed by atoms with van der Waals surface area (Å²) in [5.41, 5.74) is 0.788. The fourth-order valence-electron chi connectivity index (χ4n) is 2.87. The maximum Gasteiger partial charge on any atom is 0.414 e. The second-order valence-electron chi connectivity index (χ2n) is 5.99. The fraction of sp³-hybridized carbons (Fsp3) is 0.353. The summed E-state index contributed by atoms with van der Waals surface area (Å²) >= 11 is 0. The van der Waals surface area contributed by atoms with Crippen LogP contribution in [0.3, 0.4) is 0 Å². The Hall–Kier alpha value is -3.03. The lowest BCUT2D eigenvalue weighted by molar-refractivity contribution is 0.122. The standard InChI is InChI=1S/C17H21N5O3/c1-19(16(23)20(2)15-9-10-18-21(15)3)11-14-12-22(17(24)25-14)13-7-5-4-6-8-13/h4-10,14H,11-12H2,1-3H3. The number of hydrogen-bond acceptors (Lipinski definition) is 4. The molecular weight excluding hydrogens is 322 g/mol. The van der Waals surface area contributed by atoms with Crippen LogP contribution in [0.2, 0.25) is 0 Å². The number of hydrogen-bond donors (Lipinski definition) is 0. The lowest BCUT2D eigenvalue weighted by Gasteiger charge is -2.26. The minimum atomic E-state index is -0.392. The monoisotopic (exact) mass is 343 g/mol. The van der Waals surface area contributed by atoms with Gasteiger partial charge < -0.3 is 9.64 Å². The molecule has 8 nitrogen and oxygen atoms in total. The first-order valence-electron chi connectivity index (χ1n) is 7.97. The number of benzene rings is 1. The van der Waals surface area contributed by atoms with E-state index in [1.165, 1.54) is 4.90 Å². The average molecular weight is 343 g/mol. The molecule has 2 heterocycles. The Morgan fingerprint density at radius 1 is 1.28 bits per heavy atom. The molecule has 0 saturated carbocycles. The molecule has 1 unspecified atom stereocenters. The van der Waals surface area contributed by atoms with Crippen LogP contribution in [-0.2, 0) is 11.8 Å². The zero-order chi connectivity index (χ0) is 18.0. The maximum atomic E-state index is 12.6. The van der Waals surface area contributed by atoms with Crippen LogP contribution in [0.15, 0.2) is 42.6 Å². The summed E-state index contributed by atoms with van der Waals surface area (Å²) in [6.45, 7) is 0.728. The van der Waals surface area contributed by atoms with E-state index >= 15 is 0 Å². The number of carbonyl (C=O) groups excluding carboxylic acids is 2. The molecule has 2 aromatic rings. The molecule has 1 aliphatic rings. The smallest absolute Gasteiger partial charge is 0.414 e. The SMILES string of the molecule is CN(CC1CN(c2ccccc2)C(=O)O1)C(=O)N(C)c1ccnn1C. The van der Waals surface area contributed by atoms with Crippen molar-refractivity contribution in [3.63, 3.8) is 0 Å². The van der Waals surface area contributed by atoms with E-state index in [0.29, 0.717) is 18.9 Å². The van der Waals surface area contributed by atoms with Gasteiger partial charge in [0.1, 0.15) is 11.9 Å². The molecule has 132 valence electrons. The van der Waals surface area contributed by atoms with E-state index in [0.717, 1.165) is 5.69 Å². The Morgan fingerprint density at radius 2 is 2.00 bits per heavy atom. The van der Waals surface area contributed by atoms with Crippen molar-refractivity contribution in [2.45, 2.75) is 6.10 Å². The second-order valence-corrected chi connectivity index (χ2v) is 5.99. The predicted molar refractivity (Wildman–Crippen MR) is 93.7 cm³/mol. The first-order valence-corrected chi connectivity index (χ1v) is 7.97. The van der Waals surface area contributed by atoms with Gasteiger partial charge in [0, 0.05) is 32.9 Å². The molecule has 0 N–H and O–H groups in total. The van der Waals surface area contributed by atoms with E-state index in [1.807, 2.05) is 30.3 Å². The molecule has 1 aromatic carbocycles. The quantitative estimate of drug-likeness (QED) is 0.850. The Morgan fingerprint density at radius 3 is 2.64 bits per heavy atom. The predicted octanol–water partition coefficient (Wildman–Crippen LogP) is 1.93. The number of carbonyl (C=O) groups is 2. The minimum Gasteiger partial charge on any atom is -0.442 e. The molecule has 1 saturated heterocycles. The van der Waals surface area contributed by atoms with Crippen LogP contribution in [0, 0.1) is 0 Å². The summed E-state index contributed by atoms with van der Waals surface area (Å²) < 4.78 is 7.02. The number of ether oxygens (including phenoxy) is 1. The van der Waals surface area contributed by atoms with Crippen molar-refractivity contribution in [3.8, 4) is 0 Å². The Balaban J connectivity index is 1.62. The van der Waals surface area contributed by atoms with Gasteiger partial charge in [-0.15, -0.1) is 0 Å². The number of rotatable bonds is 4. The highest BCUT2D eigenvalue weighted by molar-refractivity contribution is 5.91. The van der Waals surface area contributed by atoms with Crippen molar-refractivity contribution in [2.24, 2.45) is 7.05 Å². The van der Waals surface area contributed by atoms with Crippen LogP contribution in [0.1, 0.15) is 0 Å². The molecular formula is C17H21N5O3. The molecule has 1 aromatic heterocycles. The summed E-state index contributed by atoms with van der Waals surface area (Å²) in [7, 11) is 5.15. The lowest BCUT2D eigenvalue weighted by Crippen LogP contribution is -2.43. The number of anilines is 2. The topological polar surface area (TPSA) is 70.9 Å². The van der Waals surface area contributed by atoms with Gasteiger partial charge in [-0.05, 0) is 12.1 Å². The Kier molecular flexibility index (Phi) is 4.60. The van der Waals surface area contributed by atoms with Gasteiger partial charge in [0.05, 0.1) is 19.3 Å². The summed E-state index contributed by atoms with van der Waals surface area (Å²) in [6, 6.07) is 10.9. The van der Waals surface area contributed by atoms with Gasteiger partial charge in [0.2, 0.25) is 0 Å². The first-order chi connectivity index (χ1) is 12.0. The van der Waals surface area contributed by atoms with Crippen LogP contribution in [0.5, 0.6) is 0 Å². The first kappa shape index (κ1) is 16.8. The molecule has 0 radical (unpaired) electrons. The van der Waals surface area contributed by atoms with Crippen molar-refractivity contribution in [3.05, 3.63) is 42.6 Å². The third kappa shape index (κ3) is 3.42. The lowest BCUT2D eigenvalue weighted by atomic mass is 10.2. The van der Waals surface area contributed by atoms with Gasteiger partial charge in [-0.25, -0.2) is 9.59 Å². The third-order valence-corrected chi connectivity index (χ3v) is 4.17. The molecule has 0 aliphatic carbocycles. The van der Waals surface area contributed by atoms with Gasteiger partial charge >= 0.3 is 12.1 Å². The van der Waals surface area contributed by atoms with Crippen molar-refractivity contribution < 1.29 is 14.3 Å². The number of cyclic esters (lactones) is 1. The van der Waals surface area contributed by atoms with Gasteiger partial charge in [-0.1, -0.05) is 18.2 Å². The number of urea groups is 1. The normalized spacial score (nSPS) is 16.7. The maximum absolute atomic E-state index is 12.6. The molecule has 3 rings (SSSR count). The summed E-state index contributed by atoms with van der Waals surface area (Å²) in [5.74, 6) is 0.686.